The molecule has 0 saturated carbocycles. The van der Waals surface area contributed by atoms with Gasteiger partial charge < -0.3 is 15.7 Å². The number of rotatable bonds is 7. The van der Waals surface area contributed by atoms with E-state index in [-0.39, 0.29) is 17.0 Å². The number of nitrogens with two attached hydrogens (primary N) is 1. The minimum Gasteiger partial charge on any atom is -0.409 e. The van der Waals surface area contributed by atoms with E-state index >= 15 is 0 Å². The van der Waals surface area contributed by atoms with Crippen LogP contribution in [0.25, 0.3) is 0 Å². The molecule has 0 aliphatic carbocycles. The number of hydrogen-bond acceptors (Lipinski definition) is 5. The van der Waals surface area contributed by atoms with E-state index in [1.807, 2.05) is 0 Å². The zero-order valence-electron chi connectivity index (χ0n) is 10.8. The van der Waals surface area contributed by atoms with Crippen LogP contribution in [0, 0.1) is 5.82 Å². The Bertz CT molecular complexity index is 589. The lowest BCUT2D eigenvalue weighted by Gasteiger charge is -2.09. The van der Waals surface area contributed by atoms with Crippen molar-refractivity contribution in [2.75, 3.05) is 24.2 Å². The first kappa shape index (κ1) is 16.2. The fourth-order valence-corrected chi connectivity index (χ4v) is 2.55. The van der Waals surface area contributed by atoms with Gasteiger partial charge in [-0.2, -0.15) is 0 Å². The number of oxime groups is 1. The monoisotopic (exact) mass is 305 g/mol. The molecule has 1 rings (SSSR count). The van der Waals surface area contributed by atoms with E-state index in [0.717, 1.165) is 12.1 Å². The van der Waals surface area contributed by atoms with Crippen molar-refractivity contribution in [2.45, 2.75) is 6.42 Å². The summed E-state index contributed by atoms with van der Waals surface area (Å²) in [5, 5.41) is 11.2. The summed E-state index contributed by atoms with van der Waals surface area (Å²) in [7, 11) is -2.09. The highest BCUT2D eigenvalue weighted by Gasteiger charge is 2.13. The van der Waals surface area contributed by atoms with Gasteiger partial charge in [0, 0.05) is 19.4 Å². The Morgan fingerprint density at radius 2 is 2.25 bits per heavy atom. The molecule has 0 spiro atoms. The molecule has 0 saturated heterocycles. The first-order valence-electron chi connectivity index (χ1n) is 5.66. The number of ether oxygens (including phenoxy) is 1. The van der Waals surface area contributed by atoms with E-state index in [1.165, 1.54) is 13.2 Å². The van der Waals surface area contributed by atoms with Gasteiger partial charge >= 0.3 is 0 Å². The van der Waals surface area contributed by atoms with Crippen molar-refractivity contribution in [3.8, 4) is 0 Å². The molecule has 0 fully saturated rings. The van der Waals surface area contributed by atoms with Crippen molar-refractivity contribution in [3.63, 3.8) is 0 Å². The molecule has 0 heterocycles. The molecular formula is C11H16FN3O4S. The Labute approximate surface area is 116 Å². The van der Waals surface area contributed by atoms with Crippen LogP contribution in [0.2, 0.25) is 0 Å². The second kappa shape index (κ2) is 7.06. The van der Waals surface area contributed by atoms with Crippen LogP contribution in [-0.4, -0.2) is 38.9 Å². The first-order chi connectivity index (χ1) is 9.39. The number of halogens is 1. The Hall–Kier alpha value is -1.87. The fraction of sp³-hybridized carbons (Fsp3) is 0.364. The third-order valence-corrected chi connectivity index (χ3v) is 3.76. The number of methoxy groups -OCH3 is 1. The fourth-order valence-electron chi connectivity index (χ4n) is 1.46. The van der Waals surface area contributed by atoms with Gasteiger partial charge in [0.2, 0.25) is 10.0 Å². The number of nitrogens with one attached hydrogen (secondary N) is 1. The molecule has 0 bridgehead atoms. The summed E-state index contributed by atoms with van der Waals surface area (Å²) in [4.78, 5) is 0. The summed E-state index contributed by atoms with van der Waals surface area (Å²) in [5.74, 6) is -1.29. The van der Waals surface area contributed by atoms with Crippen molar-refractivity contribution >= 4 is 21.5 Å². The number of amidine groups is 1. The molecule has 4 N–H and O–H groups in total. The van der Waals surface area contributed by atoms with Crippen LogP contribution in [0.4, 0.5) is 10.1 Å². The topological polar surface area (TPSA) is 114 Å². The number of anilines is 1. The molecule has 1 aromatic carbocycles. The molecule has 0 aromatic heterocycles. The van der Waals surface area contributed by atoms with Gasteiger partial charge in [0.05, 0.1) is 11.3 Å². The maximum absolute atomic E-state index is 13.4. The molecule has 0 aliphatic rings. The molecule has 0 radical (unpaired) electrons. The minimum atomic E-state index is -3.56. The molecule has 20 heavy (non-hydrogen) atoms. The summed E-state index contributed by atoms with van der Waals surface area (Å²) in [6.07, 6.45) is 0.333. The summed E-state index contributed by atoms with van der Waals surface area (Å²) in [6.45, 7) is 0.319. The first-order valence-corrected chi connectivity index (χ1v) is 7.31. The van der Waals surface area contributed by atoms with Gasteiger partial charge in [0.15, 0.2) is 5.84 Å². The normalized spacial score (nSPS) is 12.4. The summed E-state index contributed by atoms with van der Waals surface area (Å²) in [6, 6.07) is 3.43. The third-order valence-electron chi connectivity index (χ3n) is 2.38. The lowest BCUT2D eigenvalue weighted by molar-refractivity contribution is 0.199. The van der Waals surface area contributed by atoms with E-state index in [4.69, 9.17) is 15.7 Å². The number of sulfonamides is 1. The molecule has 0 unspecified atom stereocenters. The standard InChI is InChI=1S/C11H16FN3O4S/c1-19-5-2-6-20(17,18)15-8-3-4-10(12)9(7-8)11(13)14-16/h3-4,7,15-16H,2,5-6H2,1H3,(H2,13,14). The highest BCUT2D eigenvalue weighted by Crippen LogP contribution is 2.16. The second-order valence-corrected chi connectivity index (χ2v) is 5.79. The number of hydrogen-bond donors (Lipinski definition) is 3. The van der Waals surface area contributed by atoms with E-state index in [2.05, 4.69) is 9.88 Å². The van der Waals surface area contributed by atoms with Gasteiger partial charge in [-0.05, 0) is 24.6 Å². The molecule has 0 amide bonds. The highest BCUT2D eigenvalue weighted by molar-refractivity contribution is 7.92. The second-order valence-electron chi connectivity index (χ2n) is 3.95. The van der Waals surface area contributed by atoms with Crippen molar-refractivity contribution in [1.82, 2.24) is 0 Å². The Kier molecular flexibility index (Phi) is 5.71. The number of nitrogens with zero attached hydrogens (tertiary/aromatic N) is 1. The van der Waals surface area contributed by atoms with Crippen molar-refractivity contribution < 1.29 is 22.8 Å². The zero-order valence-corrected chi connectivity index (χ0v) is 11.7. The van der Waals surface area contributed by atoms with Crippen LogP contribution >= 0.6 is 0 Å². The Morgan fingerprint density at radius 1 is 1.55 bits per heavy atom. The Balaban J connectivity index is 2.88. The smallest absolute Gasteiger partial charge is 0.232 e. The van der Waals surface area contributed by atoms with Crippen LogP contribution in [-0.2, 0) is 14.8 Å². The Morgan fingerprint density at radius 3 is 2.85 bits per heavy atom. The quantitative estimate of drug-likeness (QED) is 0.225. The SMILES string of the molecule is COCCCS(=O)(=O)Nc1ccc(F)c(C(N)=NO)c1. The maximum Gasteiger partial charge on any atom is 0.232 e. The van der Waals surface area contributed by atoms with E-state index in [1.54, 1.807) is 0 Å². The zero-order chi connectivity index (χ0) is 15.2. The lowest BCUT2D eigenvalue weighted by Crippen LogP contribution is -2.19. The van der Waals surface area contributed by atoms with Crippen LogP contribution in [0.3, 0.4) is 0 Å². The van der Waals surface area contributed by atoms with Crippen LogP contribution in [0.1, 0.15) is 12.0 Å². The molecule has 7 nitrogen and oxygen atoms in total. The van der Waals surface area contributed by atoms with Crippen molar-refractivity contribution in [1.29, 1.82) is 0 Å². The predicted octanol–water partition coefficient (Wildman–Crippen LogP) is 0.698. The average molecular weight is 305 g/mol. The maximum atomic E-state index is 13.4. The number of benzene rings is 1. The minimum absolute atomic E-state index is 0.128. The van der Waals surface area contributed by atoms with Gasteiger partial charge in [-0.1, -0.05) is 5.16 Å². The van der Waals surface area contributed by atoms with Crippen LogP contribution in [0.5, 0.6) is 0 Å². The van der Waals surface area contributed by atoms with E-state index in [9.17, 15) is 12.8 Å². The summed E-state index contributed by atoms with van der Waals surface area (Å²) < 4.78 is 43.9. The summed E-state index contributed by atoms with van der Waals surface area (Å²) >= 11 is 0. The van der Waals surface area contributed by atoms with Gasteiger partial charge in [-0.25, -0.2) is 12.8 Å². The summed E-state index contributed by atoms with van der Waals surface area (Å²) in [5.41, 5.74) is 5.23. The van der Waals surface area contributed by atoms with E-state index in [0.29, 0.717) is 13.0 Å². The third kappa shape index (κ3) is 4.67. The molecule has 0 atom stereocenters. The molecular weight excluding hydrogens is 289 g/mol. The van der Waals surface area contributed by atoms with Gasteiger partial charge in [-0.15, -0.1) is 0 Å². The van der Waals surface area contributed by atoms with Crippen molar-refractivity contribution in [2.24, 2.45) is 10.9 Å². The van der Waals surface area contributed by atoms with Crippen molar-refractivity contribution in [3.05, 3.63) is 29.6 Å². The lowest BCUT2D eigenvalue weighted by atomic mass is 10.2. The predicted molar refractivity (Wildman–Crippen MR) is 72.8 cm³/mol. The van der Waals surface area contributed by atoms with Crippen LogP contribution in [0.15, 0.2) is 23.4 Å². The molecule has 9 heteroatoms. The molecule has 112 valence electrons. The van der Waals surface area contributed by atoms with Gasteiger partial charge in [-0.3, -0.25) is 4.72 Å². The van der Waals surface area contributed by atoms with Gasteiger partial charge in [0.25, 0.3) is 0 Å². The molecule has 1 aromatic rings. The molecule has 0 aliphatic heterocycles. The highest BCUT2D eigenvalue weighted by atomic mass is 32.2. The average Bonchev–Trinajstić information content (AvgIpc) is 2.40. The van der Waals surface area contributed by atoms with Crippen LogP contribution < -0.4 is 10.5 Å². The van der Waals surface area contributed by atoms with E-state index < -0.39 is 21.7 Å². The largest absolute Gasteiger partial charge is 0.409 e. The van der Waals surface area contributed by atoms with Gasteiger partial charge in [0.1, 0.15) is 5.82 Å².